The molecule has 0 bridgehead atoms. The van der Waals surface area contributed by atoms with Crippen molar-refractivity contribution in [3.05, 3.63) is 0 Å². The lowest BCUT2D eigenvalue weighted by Gasteiger charge is -2.59. The largest absolute Gasteiger partial charge is 0.466 e. The van der Waals surface area contributed by atoms with Crippen molar-refractivity contribution in [1.29, 1.82) is 0 Å². The highest BCUT2D eigenvalue weighted by Gasteiger charge is 2.66. The van der Waals surface area contributed by atoms with Gasteiger partial charge in [0.25, 0.3) is 0 Å². The Hall–Kier alpha value is -2.25. The lowest BCUT2D eigenvalue weighted by atomic mass is 9.44. The Morgan fingerprint density at radius 3 is 2.31 bits per heavy atom. The van der Waals surface area contributed by atoms with Crippen molar-refractivity contribution in [3.63, 3.8) is 0 Å². The lowest BCUT2D eigenvalue weighted by molar-refractivity contribution is -0.169. The van der Waals surface area contributed by atoms with Crippen molar-refractivity contribution in [2.24, 2.45) is 46.3 Å². The van der Waals surface area contributed by atoms with Gasteiger partial charge in [0, 0.05) is 32.6 Å². The standard InChI is InChI=1S/C31H46O8/c1-17(16-37-19(3)33)7-10-27(36)39-26-14-24-23-9-8-21-13-22(38-20(4)34)11-12-30(21,5)29(23)25(35)15-31(24,6)28(26)18(2)32/h17,21-24,26,28-29H,7-16H2,1-6H3/t17?,21-,22-,23-,24-,26?,28+,29+,30-,31-/m0/s1. The number of ether oxygens (including phenoxy) is 3. The minimum atomic E-state index is -0.523. The summed E-state index contributed by atoms with van der Waals surface area (Å²) in [6, 6.07) is 0. The summed E-state index contributed by atoms with van der Waals surface area (Å²) >= 11 is 0. The molecule has 0 radical (unpaired) electrons. The fourth-order valence-electron chi connectivity index (χ4n) is 9.15. The zero-order valence-electron chi connectivity index (χ0n) is 24.5. The third-order valence-corrected chi connectivity index (χ3v) is 10.8. The fraction of sp³-hybridized carbons (Fsp3) is 0.839. The van der Waals surface area contributed by atoms with E-state index in [1.807, 2.05) is 6.92 Å². The van der Waals surface area contributed by atoms with Crippen LogP contribution in [-0.2, 0) is 38.2 Å². The van der Waals surface area contributed by atoms with Gasteiger partial charge in [0.15, 0.2) is 0 Å². The van der Waals surface area contributed by atoms with E-state index in [0.29, 0.717) is 25.2 Å². The van der Waals surface area contributed by atoms with Crippen LogP contribution in [0.25, 0.3) is 0 Å². The molecule has 4 aliphatic rings. The van der Waals surface area contributed by atoms with Gasteiger partial charge in [-0.2, -0.15) is 0 Å². The van der Waals surface area contributed by atoms with Crippen LogP contribution in [0.3, 0.4) is 0 Å². The van der Waals surface area contributed by atoms with Gasteiger partial charge in [0.2, 0.25) is 0 Å². The highest BCUT2D eigenvalue weighted by atomic mass is 16.5. The maximum Gasteiger partial charge on any atom is 0.306 e. The Morgan fingerprint density at radius 2 is 1.67 bits per heavy atom. The fourth-order valence-corrected chi connectivity index (χ4v) is 9.15. The van der Waals surface area contributed by atoms with Crippen molar-refractivity contribution >= 4 is 29.5 Å². The van der Waals surface area contributed by atoms with Crippen LogP contribution < -0.4 is 0 Å². The molecule has 0 heterocycles. The van der Waals surface area contributed by atoms with E-state index in [4.69, 9.17) is 14.2 Å². The van der Waals surface area contributed by atoms with Crippen molar-refractivity contribution in [2.75, 3.05) is 6.61 Å². The first kappa shape index (κ1) is 29.7. The number of carbonyl (C=O) groups excluding carboxylic acids is 5. The second-order valence-electron chi connectivity index (χ2n) is 13.5. The van der Waals surface area contributed by atoms with Crippen LogP contribution in [0.2, 0.25) is 0 Å². The molecular weight excluding hydrogens is 500 g/mol. The highest BCUT2D eigenvalue weighted by molar-refractivity contribution is 5.87. The zero-order valence-corrected chi connectivity index (χ0v) is 24.5. The molecule has 8 nitrogen and oxygen atoms in total. The monoisotopic (exact) mass is 546 g/mol. The molecule has 4 rings (SSSR count). The van der Waals surface area contributed by atoms with E-state index in [-0.39, 0.29) is 77.7 Å². The summed E-state index contributed by atoms with van der Waals surface area (Å²) in [7, 11) is 0. The van der Waals surface area contributed by atoms with Crippen LogP contribution in [0.15, 0.2) is 0 Å². The van der Waals surface area contributed by atoms with Crippen LogP contribution in [0.5, 0.6) is 0 Å². The smallest absolute Gasteiger partial charge is 0.306 e. The van der Waals surface area contributed by atoms with Gasteiger partial charge in [-0.1, -0.05) is 20.8 Å². The number of esters is 3. The van der Waals surface area contributed by atoms with Crippen LogP contribution in [0.4, 0.5) is 0 Å². The van der Waals surface area contributed by atoms with E-state index in [1.54, 1.807) is 6.92 Å². The van der Waals surface area contributed by atoms with Crippen molar-refractivity contribution in [2.45, 2.75) is 112 Å². The Bertz CT molecular complexity index is 1000. The predicted molar refractivity (Wildman–Crippen MR) is 142 cm³/mol. The number of Topliss-reactive ketones (excluding diaryl/α,β-unsaturated/α-hetero) is 2. The first-order valence-electron chi connectivity index (χ1n) is 14.8. The quantitative estimate of drug-likeness (QED) is 0.314. The maximum atomic E-state index is 13.9. The molecular formula is C31H46O8. The predicted octanol–water partition coefficient (Wildman–Crippen LogP) is 4.85. The average Bonchev–Trinajstić information content (AvgIpc) is 3.12. The summed E-state index contributed by atoms with van der Waals surface area (Å²) in [6.07, 6.45) is 5.39. The molecule has 0 amide bonds. The number of fused-ring (bicyclic) bond motifs is 5. The Morgan fingerprint density at radius 1 is 0.949 bits per heavy atom. The highest BCUT2D eigenvalue weighted by Crippen LogP contribution is 2.67. The van der Waals surface area contributed by atoms with Gasteiger partial charge in [0.1, 0.15) is 23.8 Å². The molecule has 0 aromatic heterocycles. The molecule has 0 aliphatic heterocycles. The van der Waals surface area contributed by atoms with E-state index in [1.165, 1.54) is 13.8 Å². The molecule has 8 heteroatoms. The Kier molecular flexibility index (Phi) is 8.63. The van der Waals surface area contributed by atoms with Gasteiger partial charge in [-0.25, -0.2) is 0 Å². The summed E-state index contributed by atoms with van der Waals surface area (Å²) < 4.78 is 16.6. The normalized spacial score (nSPS) is 39.9. The number of hydrogen-bond acceptors (Lipinski definition) is 8. The maximum absolute atomic E-state index is 13.9. The summed E-state index contributed by atoms with van der Waals surface area (Å²) in [5, 5.41) is 0. The third kappa shape index (κ3) is 5.81. The average molecular weight is 547 g/mol. The third-order valence-electron chi connectivity index (χ3n) is 10.8. The molecule has 0 N–H and O–H groups in total. The number of ketones is 2. The molecule has 0 saturated heterocycles. The first-order chi connectivity index (χ1) is 18.3. The van der Waals surface area contributed by atoms with Crippen LogP contribution >= 0.6 is 0 Å². The molecule has 4 fully saturated rings. The van der Waals surface area contributed by atoms with E-state index in [9.17, 15) is 24.0 Å². The molecule has 0 aromatic rings. The minimum Gasteiger partial charge on any atom is -0.466 e. The van der Waals surface area contributed by atoms with E-state index < -0.39 is 17.4 Å². The molecule has 0 aromatic carbocycles. The molecule has 4 saturated carbocycles. The summed E-state index contributed by atoms with van der Waals surface area (Å²) in [5.74, 6) is -0.607. The zero-order chi connectivity index (χ0) is 28.7. The SMILES string of the molecule is CC(=O)OCC(C)CCC(=O)OC1C[C@H]2[C@@H]3CC[C@H]4C[C@@H](OC(C)=O)CC[C@]4(C)[C@H]3C(=O)C[C@]2(C)[C@@H]1C(C)=O. The summed E-state index contributed by atoms with van der Waals surface area (Å²) in [6.45, 7) is 10.9. The van der Waals surface area contributed by atoms with Crippen LogP contribution in [0, 0.1) is 46.3 Å². The second kappa shape index (κ2) is 11.3. The van der Waals surface area contributed by atoms with Crippen LogP contribution in [-0.4, -0.2) is 48.3 Å². The second-order valence-corrected chi connectivity index (χ2v) is 13.5. The van der Waals surface area contributed by atoms with E-state index in [2.05, 4.69) is 13.8 Å². The lowest BCUT2D eigenvalue weighted by Crippen LogP contribution is -2.58. The van der Waals surface area contributed by atoms with Gasteiger partial charge < -0.3 is 14.2 Å². The molecule has 39 heavy (non-hydrogen) atoms. The molecule has 4 aliphatic carbocycles. The van der Waals surface area contributed by atoms with Gasteiger partial charge in [-0.15, -0.1) is 0 Å². The van der Waals surface area contributed by atoms with Crippen molar-refractivity contribution < 1.29 is 38.2 Å². The van der Waals surface area contributed by atoms with Crippen molar-refractivity contribution in [3.8, 4) is 0 Å². The van der Waals surface area contributed by atoms with Crippen molar-refractivity contribution in [1.82, 2.24) is 0 Å². The van der Waals surface area contributed by atoms with Gasteiger partial charge in [0.05, 0.1) is 12.5 Å². The molecule has 0 spiro atoms. The number of rotatable bonds is 8. The Labute approximate surface area is 232 Å². The van der Waals surface area contributed by atoms with Crippen LogP contribution in [0.1, 0.15) is 99.3 Å². The number of carbonyl (C=O) groups is 5. The molecule has 2 unspecified atom stereocenters. The molecule has 10 atom stereocenters. The first-order valence-corrected chi connectivity index (χ1v) is 14.8. The van der Waals surface area contributed by atoms with E-state index in [0.717, 1.165) is 32.1 Å². The summed E-state index contributed by atoms with van der Waals surface area (Å²) in [5.41, 5.74) is -0.660. The summed E-state index contributed by atoms with van der Waals surface area (Å²) in [4.78, 5) is 62.4. The van der Waals surface area contributed by atoms with Gasteiger partial charge >= 0.3 is 17.9 Å². The van der Waals surface area contributed by atoms with Gasteiger partial charge in [-0.05, 0) is 86.4 Å². The van der Waals surface area contributed by atoms with E-state index >= 15 is 0 Å². The number of hydrogen-bond donors (Lipinski definition) is 0. The Balaban J connectivity index is 1.48. The molecule has 218 valence electrons. The minimum absolute atomic E-state index is 0.0194. The van der Waals surface area contributed by atoms with Gasteiger partial charge in [-0.3, -0.25) is 24.0 Å². The topological polar surface area (TPSA) is 113 Å².